The largest absolute Gasteiger partial charge is 0.494 e. The van der Waals surface area contributed by atoms with Gasteiger partial charge >= 0.3 is 0 Å². The zero-order valence-corrected chi connectivity index (χ0v) is 13.1. The fourth-order valence-corrected chi connectivity index (χ4v) is 3.13. The van der Waals surface area contributed by atoms with Crippen LogP contribution in [0.15, 0.2) is 24.3 Å². The van der Waals surface area contributed by atoms with E-state index in [1.54, 1.807) is 12.1 Å². The van der Waals surface area contributed by atoms with E-state index in [-0.39, 0.29) is 0 Å². The van der Waals surface area contributed by atoms with Crippen LogP contribution in [0.3, 0.4) is 0 Å². The van der Waals surface area contributed by atoms with Crippen molar-refractivity contribution in [3.05, 3.63) is 29.8 Å². The molecule has 1 aromatic rings. The fraction of sp³-hybridized carbons (Fsp3) is 0.611. The maximum atomic E-state index is 8.76. The highest BCUT2D eigenvalue weighted by molar-refractivity contribution is 5.34. The van der Waals surface area contributed by atoms with Gasteiger partial charge in [-0.2, -0.15) is 5.26 Å². The first kappa shape index (κ1) is 15.9. The van der Waals surface area contributed by atoms with Crippen molar-refractivity contribution in [1.82, 2.24) is 4.90 Å². The predicted octanol–water partition coefficient (Wildman–Crippen LogP) is 3.98. The predicted molar refractivity (Wildman–Crippen MR) is 85.4 cm³/mol. The summed E-state index contributed by atoms with van der Waals surface area (Å²) in [6, 6.07) is 10.3. The Labute approximate surface area is 128 Å². The lowest BCUT2D eigenvalue weighted by Crippen LogP contribution is -2.37. The molecule has 21 heavy (non-hydrogen) atoms. The van der Waals surface area contributed by atoms with E-state index in [0.717, 1.165) is 37.9 Å². The lowest BCUT2D eigenvalue weighted by Gasteiger charge is -2.33. The second-order valence-corrected chi connectivity index (χ2v) is 5.76. The Balaban J connectivity index is 1.68. The van der Waals surface area contributed by atoms with Gasteiger partial charge in [0.1, 0.15) is 5.75 Å². The van der Waals surface area contributed by atoms with E-state index in [1.807, 2.05) is 12.1 Å². The molecule has 0 radical (unpaired) electrons. The molecule has 1 aliphatic carbocycles. The van der Waals surface area contributed by atoms with Crippen LogP contribution >= 0.6 is 0 Å². The summed E-state index contributed by atoms with van der Waals surface area (Å²) in [5.74, 6) is 0.856. The fourth-order valence-electron chi connectivity index (χ4n) is 3.13. The van der Waals surface area contributed by atoms with Crippen LogP contribution in [0.4, 0.5) is 0 Å². The average molecular weight is 286 g/mol. The SMILES string of the molecule is CCN(CCCOc1ccc(C#N)cc1)C1CCCCC1. The van der Waals surface area contributed by atoms with E-state index >= 15 is 0 Å². The molecule has 1 aromatic carbocycles. The Morgan fingerprint density at radius 3 is 2.52 bits per heavy atom. The lowest BCUT2D eigenvalue weighted by atomic mass is 9.94. The Bertz CT molecular complexity index is 443. The van der Waals surface area contributed by atoms with E-state index < -0.39 is 0 Å². The van der Waals surface area contributed by atoms with Gasteiger partial charge in [-0.25, -0.2) is 0 Å². The van der Waals surface area contributed by atoms with Crippen molar-refractivity contribution in [2.45, 2.75) is 51.5 Å². The summed E-state index contributed by atoms with van der Waals surface area (Å²) in [7, 11) is 0. The average Bonchev–Trinajstić information content (AvgIpc) is 2.56. The third kappa shape index (κ3) is 5.06. The standard InChI is InChI=1S/C18H26N2O/c1-2-20(17-7-4-3-5-8-17)13-6-14-21-18-11-9-16(15-19)10-12-18/h9-12,17H,2-8,13-14H2,1H3. The first-order chi connectivity index (χ1) is 10.3. The minimum atomic E-state index is 0.678. The molecule has 1 fully saturated rings. The summed E-state index contributed by atoms with van der Waals surface area (Å²) in [5.41, 5.74) is 0.678. The molecule has 0 aromatic heterocycles. The summed E-state index contributed by atoms with van der Waals surface area (Å²) in [5, 5.41) is 8.76. The van der Waals surface area contributed by atoms with E-state index in [2.05, 4.69) is 17.9 Å². The van der Waals surface area contributed by atoms with Gasteiger partial charge in [0, 0.05) is 12.6 Å². The highest BCUT2D eigenvalue weighted by Gasteiger charge is 2.19. The Hall–Kier alpha value is -1.53. The summed E-state index contributed by atoms with van der Waals surface area (Å²) in [6.45, 7) is 5.27. The number of ether oxygens (including phenoxy) is 1. The van der Waals surface area contributed by atoms with Crippen molar-refractivity contribution in [3.63, 3.8) is 0 Å². The first-order valence-corrected chi connectivity index (χ1v) is 8.20. The molecular formula is C18H26N2O. The Kier molecular flexibility index (Phi) is 6.56. The normalized spacial score (nSPS) is 15.9. The Morgan fingerprint density at radius 2 is 1.90 bits per heavy atom. The van der Waals surface area contributed by atoms with Crippen LogP contribution in [0.2, 0.25) is 0 Å². The molecule has 114 valence electrons. The monoisotopic (exact) mass is 286 g/mol. The zero-order chi connectivity index (χ0) is 14.9. The number of hydrogen-bond donors (Lipinski definition) is 0. The van der Waals surface area contributed by atoms with Crippen LogP contribution in [0.25, 0.3) is 0 Å². The number of hydrogen-bond acceptors (Lipinski definition) is 3. The summed E-state index contributed by atoms with van der Waals surface area (Å²) >= 11 is 0. The maximum absolute atomic E-state index is 8.76. The minimum absolute atomic E-state index is 0.678. The zero-order valence-electron chi connectivity index (χ0n) is 13.1. The quantitative estimate of drug-likeness (QED) is 0.711. The molecule has 0 amide bonds. The van der Waals surface area contributed by atoms with Crippen molar-refractivity contribution in [2.75, 3.05) is 19.7 Å². The number of nitriles is 1. The second-order valence-electron chi connectivity index (χ2n) is 5.76. The molecule has 2 rings (SSSR count). The first-order valence-electron chi connectivity index (χ1n) is 8.20. The van der Waals surface area contributed by atoms with Gasteiger partial charge in [-0.1, -0.05) is 26.2 Å². The summed E-state index contributed by atoms with van der Waals surface area (Å²) in [4.78, 5) is 2.61. The van der Waals surface area contributed by atoms with Crippen molar-refractivity contribution >= 4 is 0 Å². The molecule has 3 heteroatoms. The number of benzene rings is 1. The van der Waals surface area contributed by atoms with E-state index in [1.165, 1.54) is 32.1 Å². The van der Waals surface area contributed by atoms with Gasteiger partial charge in [0.15, 0.2) is 0 Å². The molecule has 0 bridgehead atoms. The number of nitrogens with zero attached hydrogens (tertiary/aromatic N) is 2. The highest BCUT2D eigenvalue weighted by Crippen LogP contribution is 2.22. The molecule has 0 aliphatic heterocycles. The summed E-state index contributed by atoms with van der Waals surface area (Å²) < 4.78 is 5.75. The maximum Gasteiger partial charge on any atom is 0.119 e. The molecule has 1 saturated carbocycles. The molecule has 3 nitrogen and oxygen atoms in total. The van der Waals surface area contributed by atoms with Crippen LogP contribution in [0, 0.1) is 11.3 Å². The highest BCUT2D eigenvalue weighted by atomic mass is 16.5. The van der Waals surface area contributed by atoms with Crippen LogP contribution in [0.5, 0.6) is 5.75 Å². The molecule has 0 N–H and O–H groups in total. The van der Waals surface area contributed by atoms with E-state index in [9.17, 15) is 0 Å². The molecule has 0 atom stereocenters. The molecule has 0 saturated heterocycles. The van der Waals surface area contributed by atoms with Gasteiger partial charge in [-0.05, 0) is 50.1 Å². The van der Waals surface area contributed by atoms with Gasteiger partial charge in [-0.3, -0.25) is 0 Å². The van der Waals surface area contributed by atoms with Gasteiger partial charge < -0.3 is 9.64 Å². The Morgan fingerprint density at radius 1 is 1.19 bits per heavy atom. The molecule has 0 unspecified atom stereocenters. The summed E-state index contributed by atoms with van der Waals surface area (Å²) in [6.07, 6.45) is 7.99. The van der Waals surface area contributed by atoms with Crippen LogP contribution < -0.4 is 4.74 Å². The molecular weight excluding hydrogens is 260 g/mol. The number of rotatable bonds is 7. The van der Waals surface area contributed by atoms with Crippen LogP contribution in [-0.4, -0.2) is 30.6 Å². The molecule has 1 aliphatic rings. The van der Waals surface area contributed by atoms with Crippen molar-refractivity contribution in [3.8, 4) is 11.8 Å². The van der Waals surface area contributed by atoms with E-state index in [0.29, 0.717) is 5.56 Å². The van der Waals surface area contributed by atoms with Gasteiger partial charge in [0.05, 0.1) is 18.2 Å². The molecule has 0 spiro atoms. The smallest absolute Gasteiger partial charge is 0.119 e. The van der Waals surface area contributed by atoms with Crippen LogP contribution in [-0.2, 0) is 0 Å². The molecule has 0 heterocycles. The van der Waals surface area contributed by atoms with Gasteiger partial charge in [0.2, 0.25) is 0 Å². The van der Waals surface area contributed by atoms with Crippen molar-refractivity contribution in [2.24, 2.45) is 0 Å². The third-order valence-corrected chi connectivity index (χ3v) is 4.34. The van der Waals surface area contributed by atoms with E-state index in [4.69, 9.17) is 10.00 Å². The van der Waals surface area contributed by atoms with Gasteiger partial charge in [0.25, 0.3) is 0 Å². The van der Waals surface area contributed by atoms with Crippen molar-refractivity contribution < 1.29 is 4.74 Å². The minimum Gasteiger partial charge on any atom is -0.494 e. The topological polar surface area (TPSA) is 36.3 Å². The lowest BCUT2D eigenvalue weighted by molar-refractivity contribution is 0.152. The van der Waals surface area contributed by atoms with Crippen LogP contribution in [0.1, 0.15) is 51.0 Å². The van der Waals surface area contributed by atoms with Crippen molar-refractivity contribution in [1.29, 1.82) is 5.26 Å². The second kappa shape index (κ2) is 8.69. The third-order valence-electron chi connectivity index (χ3n) is 4.34. The van der Waals surface area contributed by atoms with Gasteiger partial charge in [-0.15, -0.1) is 0 Å².